The van der Waals surface area contributed by atoms with Crippen molar-refractivity contribution < 1.29 is 18.0 Å². The standard InChI is InChI=1S/C17H19ClF2N2O2/c1-10(2)8-22(11(3)12-6-4-5-7-13(12)18)17(23)15-14(16(19)20)21-9-24-15/h4-7,9-11,16H,8H2,1-3H3. The molecule has 0 aliphatic carbocycles. The molecule has 2 aromatic rings. The highest BCUT2D eigenvalue weighted by molar-refractivity contribution is 6.31. The van der Waals surface area contributed by atoms with Gasteiger partial charge >= 0.3 is 0 Å². The van der Waals surface area contributed by atoms with Crippen LogP contribution in [0.3, 0.4) is 0 Å². The van der Waals surface area contributed by atoms with Gasteiger partial charge in [0.1, 0.15) is 0 Å². The first kappa shape index (κ1) is 18.4. The number of rotatable bonds is 6. The van der Waals surface area contributed by atoms with Crippen LogP contribution in [-0.2, 0) is 0 Å². The SMILES string of the molecule is CC(C)CN(C(=O)c1ocnc1C(F)F)C(C)c1ccccc1Cl. The summed E-state index contributed by atoms with van der Waals surface area (Å²) in [6.45, 7) is 6.05. The minimum atomic E-state index is -2.88. The lowest BCUT2D eigenvalue weighted by atomic mass is 10.0. The van der Waals surface area contributed by atoms with Gasteiger partial charge in [0.2, 0.25) is 5.76 Å². The topological polar surface area (TPSA) is 46.3 Å². The van der Waals surface area contributed by atoms with Crippen LogP contribution in [0.4, 0.5) is 8.78 Å². The average Bonchev–Trinajstić information content (AvgIpc) is 3.01. The van der Waals surface area contributed by atoms with E-state index >= 15 is 0 Å². The highest BCUT2D eigenvalue weighted by atomic mass is 35.5. The van der Waals surface area contributed by atoms with Gasteiger partial charge in [-0.1, -0.05) is 43.6 Å². The van der Waals surface area contributed by atoms with Gasteiger partial charge in [0.15, 0.2) is 12.1 Å². The monoisotopic (exact) mass is 356 g/mol. The summed E-state index contributed by atoms with van der Waals surface area (Å²) in [6, 6.07) is 6.74. The van der Waals surface area contributed by atoms with Crippen molar-refractivity contribution in [2.24, 2.45) is 5.92 Å². The maximum absolute atomic E-state index is 13.0. The second kappa shape index (κ2) is 7.75. The van der Waals surface area contributed by atoms with E-state index in [1.165, 1.54) is 4.90 Å². The van der Waals surface area contributed by atoms with Gasteiger partial charge in [0, 0.05) is 11.6 Å². The van der Waals surface area contributed by atoms with Crippen LogP contribution in [0.25, 0.3) is 0 Å². The summed E-state index contributed by atoms with van der Waals surface area (Å²) >= 11 is 6.22. The van der Waals surface area contributed by atoms with E-state index < -0.39 is 29.8 Å². The summed E-state index contributed by atoms with van der Waals surface area (Å²) in [7, 11) is 0. The molecule has 24 heavy (non-hydrogen) atoms. The van der Waals surface area contributed by atoms with Crippen LogP contribution in [0, 0.1) is 5.92 Å². The van der Waals surface area contributed by atoms with Crippen molar-refractivity contribution >= 4 is 17.5 Å². The number of amides is 1. The number of oxazole rings is 1. The van der Waals surface area contributed by atoms with Crippen LogP contribution in [0.2, 0.25) is 5.02 Å². The molecule has 2 rings (SSSR count). The molecule has 130 valence electrons. The third kappa shape index (κ3) is 3.93. The molecule has 0 saturated carbocycles. The van der Waals surface area contributed by atoms with E-state index in [1.54, 1.807) is 19.1 Å². The first-order valence-corrected chi connectivity index (χ1v) is 7.97. The van der Waals surface area contributed by atoms with Gasteiger partial charge in [-0.3, -0.25) is 4.79 Å². The smallest absolute Gasteiger partial charge is 0.292 e. The minimum absolute atomic E-state index is 0.136. The first-order chi connectivity index (χ1) is 11.3. The molecule has 0 fully saturated rings. The van der Waals surface area contributed by atoms with E-state index in [9.17, 15) is 13.6 Å². The van der Waals surface area contributed by atoms with E-state index in [-0.39, 0.29) is 5.92 Å². The molecular weight excluding hydrogens is 338 g/mol. The van der Waals surface area contributed by atoms with Crippen molar-refractivity contribution in [3.8, 4) is 0 Å². The van der Waals surface area contributed by atoms with Gasteiger partial charge in [-0.25, -0.2) is 13.8 Å². The Balaban J connectivity index is 2.39. The average molecular weight is 357 g/mol. The number of nitrogens with zero attached hydrogens (tertiary/aromatic N) is 2. The molecule has 0 N–H and O–H groups in total. The van der Waals surface area contributed by atoms with Crippen LogP contribution in [0.15, 0.2) is 35.1 Å². The van der Waals surface area contributed by atoms with Crippen LogP contribution in [0.5, 0.6) is 0 Å². The fourth-order valence-electron chi connectivity index (χ4n) is 2.49. The van der Waals surface area contributed by atoms with Crippen molar-refractivity contribution in [3.05, 3.63) is 52.7 Å². The molecule has 0 radical (unpaired) electrons. The maximum Gasteiger partial charge on any atom is 0.292 e. The molecule has 1 atom stereocenters. The molecule has 0 saturated heterocycles. The zero-order valence-corrected chi connectivity index (χ0v) is 14.4. The third-order valence-electron chi connectivity index (χ3n) is 3.64. The second-order valence-electron chi connectivity index (χ2n) is 5.92. The van der Waals surface area contributed by atoms with E-state index in [2.05, 4.69) is 4.98 Å². The Bertz CT molecular complexity index is 703. The largest absolute Gasteiger partial charge is 0.438 e. The van der Waals surface area contributed by atoms with Crippen molar-refractivity contribution in [1.82, 2.24) is 9.88 Å². The molecule has 0 aliphatic rings. The number of carbonyl (C=O) groups is 1. The number of alkyl halides is 2. The molecule has 4 nitrogen and oxygen atoms in total. The molecule has 1 unspecified atom stereocenters. The lowest BCUT2D eigenvalue weighted by molar-refractivity contribution is 0.0618. The van der Waals surface area contributed by atoms with E-state index in [1.807, 2.05) is 26.0 Å². The molecule has 0 aliphatic heterocycles. The zero-order chi connectivity index (χ0) is 17.9. The predicted octanol–water partition coefficient (Wildman–Crippen LogP) is 5.13. The molecule has 0 bridgehead atoms. The summed E-state index contributed by atoms with van der Waals surface area (Å²) in [6.07, 6.45) is -2.01. The highest BCUT2D eigenvalue weighted by Crippen LogP contribution is 2.30. The van der Waals surface area contributed by atoms with Crippen molar-refractivity contribution in [2.45, 2.75) is 33.2 Å². The van der Waals surface area contributed by atoms with E-state index in [0.29, 0.717) is 11.6 Å². The van der Waals surface area contributed by atoms with Crippen LogP contribution >= 0.6 is 11.6 Å². The highest BCUT2D eigenvalue weighted by Gasteiger charge is 2.31. The second-order valence-corrected chi connectivity index (χ2v) is 6.32. The number of benzene rings is 1. The molecule has 1 amide bonds. The lowest BCUT2D eigenvalue weighted by Crippen LogP contribution is -2.37. The Labute approximate surface area is 144 Å². The zero-order valence-electron chi connectivity index (χ0n) is 13.7. The van der Waals surface area contributed by atoms with Crippen molar-refractivity contribution in [1.29, 1.82) is 0 Å². The van der Waals surface area contributed by atoms with Gasteiger partial charge in [0.25, 0.3) is 12.3 Å². The minimum Gasteiger partial charge on any atom is -0.438 e. The van der Waals surface area contributed by atoms with E-state index in [0.717, 1.165) is 12.0 Å². The van der Waals surface area contributed by atoms with Crippen LogP contribution < -0.4 is 0 Å². The van der Waals surface area contributed by atoms with Gasteiger partial charge in [-0.05, 0) is 24.5 Å². The Hall–Kier alpha value is -1.95. The first-order valence-electron chi connectivity index (χ1n) is 7.59. The lowest BCUT2D eigenvalue weighted by Gasteiger charge is -2.31. The normalized spacial score (nSPS) is 12.7. The Morgan fingerprint density at radius 3 is 2.54 bits per heavy atom. The quantitative estimate of drug-likeness (QED) is 0.721. The number of hydrogen-bond acceptors (Lipinski definition) is 3. The number of halogens is 3. The summed E-state index contributed by atoms with van der Waals surface area (Å²) in [5, 5.41) is 0.512. The van der Waals surface area contributed by atoms with Gasteiger partial charge in [-0.2, -0.15) is 0 Å². The molecule has 7 heteroatoms. The third-order valence-corrected chi connectivity index (χ3v) is 3.99. The maximum atomic E-state index is 13.0. The molecular formula is C17H19ClF2N2O2. The van der Waals surface area contributed by atoms with Crippen LogP contribution in [0.1, 0.15) is 55.1 Å². The Morgan fingerprint density at radius 2 is 1.96 bits per heavy atom. The fourth-order valence-corrected chi connectivity index (χ4v) is 2.79. The number of aromatic nitrogens is 1. The molecule has 0 spiro atoms. The van der Waals surface area contributed by atoms with Crippen molar-refractivity contribution in [2.75, 3.05) is 6.54 Å². The summed E-state index contributed by atoms with van der Waals surface area (Å²) < 4.78 is 31.0. The summed E-state index contributed by atoms with van der Waals surface area (Å²) in [5.74, 6) is -0.912. The Morgan fingerprint density at radius 1 is 1.29 bits per heavy atom. The van der Waals surface area contributed by atoms with Crippen molar-refractivity contribution in [3.63, 3.8) is 0 Å². The number of hydrogen-bond donors (Lipinski definition) is 0. The fraction of sp³-hybridized carbons (Fsp3) is 0.412. The van der Waals surface area contributed by atoms with Gasteiger partial charge in [-0.15, -0.1) is 0 Å². The van der Waals surface area contributed by atoms with E-state index in [4.69, 9.17) is 16.0 Å². The predicted molar refractivity (Wildman–Crippen MR) is 87.2 cm³/mol. The number of carbonyl (C=O) groups excluding carboxylic acids is 1. The van der Waals surface area contributed by atoms with Crippen LogP contribution in [-0.4, -0.2) is 22.3 Å². The molecule has 1 aromatic heterocycles. The van der Waals surface area contributed by atoms with Gasteiger partial charge < -0.3 is 9.32 Å². The summed E-state index contributed by atoms with van der Waals surface area (Å²) in [4.78, 5) is 17.8. The summed E-state index contributed by atoms with van der Waals surface area (Å²) in [5.41, 5.74) is 0.103. The molecule has 1 aromatic carbocycles. The Kier molecular flexibility index (Phi) is 5.94. The molecule has 1 heterocycles. The van der Waals surface area contributed by atoms with Gasteiger partial charge in [0.05, 0.1) is 6.04 Å².